The van der Waals surface area contributed by atoms with Gasteiger partial charge >= 0.3 is 0 Å². The van der Waals surface area contributed by atoms with Gasteiger partial charge in [-0.2, -0.15) is 0 Å². The van der Waals surface area contributed by atoms with Gasteiger partial charge in [0.25, 0.3) is 5.56 Å². The lowest BCUT2D eigenvalue weighted by Crippen LogP contribution is -2.12. The van der Waals surface area contributed by atoms with E-state index in [1.54, 1.807) is 6.92 Å². The smallest absolute Gasteiger partial charge is 0.252 e. The molecule has 2 heterocycles. The highest BCUT2D eigenvalue weighted by Crippen LogP contribution is 2.32. The van der Waals surface area contributed by atoms with Crippen LogP contribution in [0, 0.1) is 6.92 Å². The van der Waals surface area contributed by atoms with Crippen molar-refractivity contribution in [2.75, 3.05) is 12.1 Å². The molecule has 6 nitrogen and oxygen atoms in total. The lowest BCUT2D eigenvalue weighted by molar-refractivity contribution is 0.174. The second-order valence-corrected chi connectivity index (χ2v) is 4.28. The van der Waals surface area contributed by atoms with Crippen LogP contribution in [0.15, 0.2) is 29.1 Å². The quantitative estimate of drug-likeness (QED) is 0.871. The number of fused-ring (bicyclic) bond motifs is 1. The van der Waals surface area contributed by atoms with Gasteiger partial charge in [0, 0.05) is 18.3 Å². The summed E-state index contributed by atoms with van der Waals surface area (Å²) in [6.45, 7) is 2.59. The molecular formula is C13H13N3O3. The van der Waals surface area contributed by atoms with Gasteiger partial charge in [-0.1, -0.05) is 6.07 Å². The lowest BCUT2D eigenvalue weighted by atomic mass is 10.2. The molecule has 1 aliphatic rings. The molecule has 0 amide bonds. The van der Waals surface area contributed by atoms with E-state index in [2.05, 4.69) is 15.3 Å². The third kappa shape index (κ3) is 2.52. The molecule has 0 bridgehead atoms. The third-order valence-electron chi connectivity index (χ3n) is 2.77. The van der Waals surface area contributed by atoms with Gasteiger partial charge in [-0.3, -0.25) is 9.78 Å². The summed E-state index contributed by atoms with van der Waals surface area (Å²) >= 11 is 0. The number of anilines is 1. The van der Waals surface area contributed by atoms with Gasteiger partial charge < -0.3 is 14.8 Å². The van der Waals surface area contributed by atoms with Crippen molar-refractivity contribution in [2.45, 2.75) is 13.5 Å². The standard InChI is InChI=1S/C13H13N3O3/c1-8-4-12(17)16-13(15-8)14-6-9-2-3-10-11(5-9)19-7-18-10/h2-5H,6-7H2,1H3,(H2,14,15,16,17). The molecule has 3 rings (SSSR count). The molecule has 19 heavy (non-hydrogen) atoms. The minimum Gasteiger partial charge on any atom is -0.454 e. The number of benzene rings is 1. The second kappa shape index (κ2) is 4.64. The number of ether oxygens (including phenoxy) is 2. The van der Waals surface area contributed by atoms with Crippen LogP contribution in [0.5, 0.6) is 11.5 Å². The lowest BCUT2D eigenvalue weighted by Gasteiger charge is -2.06. The average molecular weight is 259 g/mol. The first-order valence-electron chi connectivity index (χ1n) is 5.91. The van der Waals surface area contributed by atoms with E-state index in [1.165, 1.54) is 6.07 Å². The van der Waals surface area contributed by atoms with Crippen molar-refractivity contribution in [3.05, 3.63) is 45.9 Å². The Morgan fingerprint density at radius 1 is 1.32 bits per heavy atom. The molecule has 0 fully saturated rings. The fraction of sp³-hybridized carbons (Fsp3) is 0.231. The van der Waals surface area contributed by atoms with Crippen molar-refractivity contribution in [2.24, 2.45) is 0 Å². The topological polar surface area (TPSA) is 76.2 Å². The molecule has 0 saturated heterocycles. The predicted molar refractivity (Wildman–Crippen MR) is 69.5 cm³/mol. The van der Waals surface area contributed by atoms with Crippen molar-refractivity contribution in [1.82, 2.24) is 9.97 Å². The summed E-state index contributed by atoms with van der Waals surface area (Å²) in [6.07, 6.45) is 0. The van der Waals surface area contributed by atoms with Gasteiger partial charge in [-0.25, -0.2) is 4.98 Å². The van der Waals surface area contributed by atoms with Gasteiger partial charge in [-0.05, 0) is 24.6 Å². The van der Waals surface area contributed by atoms with E-state index in [4.69, 9.17) is 9.47 Å². The van der Waals surface area contributed by atoms with Gasteiger partial charge in [0.2, 0.25) is 12.7 Å². The number of aromatic amines is 1. The first-order valence-corrected chi connectivity index (χ1v) is 5.91. The summed E-state index contributed by atoms with van der Waals surface area (Å²) in [7, 11) is 0. The Labute approximate surface area is 109 Å². The molecule has 2 aromatic rings. The maximum atomic E-state index is 11.3. The highest BCUT2D eigenvalue weighted by Gasteiger charge is 2.12. The van der Waals surface area contributed by atoms with Crippen molar-refractivity contribution in [3.8, 4) is 11.5 Å². The number of aryl methyl sites for hydroxylation is 1. The Morgan fingerprint density at radius 2 is 2.16 bits per heavy atom. The van der Waals surface area contributed by atoms with Crippen molar-refractivity contribution in [3.63, 3.8) is 0 Å². The molecule has 1 aromatic heterocycles. The molecular weight excluding hydrogens is 246 g/mol. The highest BCUT2D eigenvalue weighted by atomic mass is 16.7. The Balaban J connectivity index is 1.74. The SMILES string of the molecule is Cc1cc(=O)[nH]c(NCc2ccc3c(c2)OCO3)n1. The summed E-state index contributed by atoms with van der Waals surface area (Å²) in [6, 6.07) is 7.16. The van der Waals surface area contributed by atoms with E-state index in [0.29, 0.717) is 18.2 Å². The fourth-order valence-corrected chi connectivity index (χ4v) is 1.90. The molecule has 0 spiro atoms. The number of hydrogen-bond acceptors (Lipinski definition) is 5. The van der Waals surface area contributed by atoms with Crippen LogP contribution in [0.2, 0.25) is 0 Å². The normalized spacial score (nSPS) is 12.5. The Morgan fingerprint density at radius 3 is 3.00 bits per heavy atom. The molecule has 2 N–H and O–H groups in total. The molecule has 0 unspecified atom stereocenters. The van der Waals surface area contributed by atoms with Crippen molar-refractivity contribution in [1.29, 1.82) is 0 Å². The van der Waals surface area contributed by atoms with E-state index < -0.39 is 0 Å². The van der Waals surface area contributed by atoms with Crippen LogP contribution in [0.25, 0.3) is 0 Å². The van der Waals surface area contributed by atoms with Crippen LogP contribution in [-0.4, -0.2) is 16.8 Å². The fourth-order valence-electron chi connectivity index (χ4n) is 1.90. The van der Waals surface area contributed by atoms with Crippen LogP contribution in [-0.2, 0) is 6.54 Å². The number of nitrogens with one attached hydrogen (secondary N) is 2. The van der Waals surface area contributed by atoms with E-state index in [-0.39, 0.29) is 12.4 Å². The number of nitrogens with zero attached hydrogens (tertiary/aromatic N) is 1. The minimum absolute atomic E-state index is 0.166. The molecule has 6 heteroatoms. The maximum Gasteiger partial charge on any atom is 0.252 e. The maximum absolute atomic E-state index is 11.3. The molecule has 0 radical (unpaired) electrons. The summed E-state index contributed by atoms with van der Waals surface area (Å²) < 4.78 is 10.6. The van der Waals surface area contributed by atoms with Crippen LogP contribution >= 0.6 is 0 Å². The van der Waals surface area contributed by atoms with Crippen LogP contribution < -0.4 is 20.3 Å². The zero-order valence-corrected chi connectivity index (χ0v) is 10.4. The van der Waals surface area contributed by atoms with Crippen LogP contribution in [0.1, 0.15) is 11.3 Å². The van der Waals surface area contributed by atoms with Crippen molar-refractivity contribution >= 4 is 5.95 Å². The average Bonchev–Trinajstić information content (AvgIpc) is 2.82. The van der Waals surface area contributed by atoms with Crippen LogP contribution in [0.3, 0.4) is 0 Å². The Hall–Kier alpha value is -2.50. The number of hydrogen-bond donors (Lipinski definition) is 2. The Kier molecular flexibility index (Phi) is 2.83. The van der Waals surface area contributed by atoms with Gasteiger partial charge in [0.05, 0.1) is 0 Å². The molecule has 0 atom stereocenters. The number of aromatic nitrogens is 2. The molecule has 1 aliphatic heterocycles. The largest absolute Gasteiger partial charge is 0.454 e. The summed E-state index contributed by atoms with van der Waals surface area (Å²) in [5.41, 5.74) is 1.53. The molecule has 1 aromatic carbocycles. The van der Waals surface area contributed by atoms with Gasteiger partial charge in [0.15, 0.2) is 11.5 Å². The minimum atomic E-state index is -0.166. The van der Waals surface area contributed by atoms with Gasteiger partial charge in [-0.15, -0.1) is 0 Å². The van der Waals surface area contributed by atoms with Crippen LogP contribution in [0.4, 0.5) is 5.95 Å². The zero-order chi connectivity index (χ0) is 13.2. The monoisotopic (exact) mass is 259 g/mol. The predicted octanol–water partition coefficient (Wildman–Crippen LogP) is 1.42. The van der Waals surface area contributed by atoms with E-state index in [0.717, 1.165) is 17.1 Å². The Bertz CT molecular complexity index is 666. The van der Waals surface area contributed by atoms with E-state index in [9.17, 15) is 4.79 Å². The molecule has 0 aliphatic carbocycles. The molecule has 0 saturated carbocycles. The zero-order valence-electron chi connectivity index (χ0n) is 10.4. The first kappa shape index (κ1) is 11.6. The van der Waals surface area contributed by atoms with Gasteiger partial charge in [0.1, 0.15) is 0 Å². The second-order valence-electron chi connectivity index (χ2n) is 4.28. The van der Waals surface area contributed by atoms with Crippen molar-refractivity contribution < 1.29 is 9.47 Å². The summed E-state index contributed by atoms with van der Waals surface area (Å²) in [4.78, 5) is 18.1. The van der Waals surface area contributed by atoms with E-state index >= 15 is 0 Å². The number of rotatable bonds is 3. The number of H-pyrrole nitrogens is 1. The third-order valence-corrected chi connectivity index (χ3v) is 2.77. The highest BCUT2D eigenvalue weighted by molar-refractivity contribution is 5.45. The summed E-state index contributed by atoms with van der Waals surface area (Å²) in [5.74, 6) is 1.96. The first-order chi connectivity index (χ1) is 9.20. The van der Waals surface area contributed by atoms with E-state index in [1.807, 2.05) is 18.2 Å². The molecule has 98 valence electrons. The summed E-state index contributed by atoms with van der Waals surface area (Å²) in [5, 5.41) is 3.07.